The van der Waals surface area contributed by atoms with Crippen LogP contribution in [-0.2, 0) is 0 Å². The van der Waals surface area contributed by atoms with Crippen LogP contribution in [0.15, 0.2) is 12.3 Å². The summed E-state index contributed by atoms with van der Waals surface area (Å²) in [5, 5.41) is 18.6. The average molecular weight is 332 g/mol. The van der Waals surface area contributed by atoms with Crippen molar-refractivity contribution in [1.29, 1.82) is 0 Å². The summed E-state index contributed by atoms with van der Waals surface area (Å²) in [5.41, 5.74) is 0. The lowest BCUT2D eigenvalue weighted by Crippen LogP contribution is -2.38. The Balaban J connectivity index is 1.48. The van der Waals surface area contributed by atoms with Gasteiger partial charge in [-0.1, -0.05) is 0 Å². The molecular weight excluding hydrogens is 304 g/mol. The third kappa shape index (κ3) is 2.86. The van der Waals surface area contributed by atoms with Gasteiger partial charge in [-0.05, 0) is 55.4 Å². The molecule has 5 rings (SSSR count). The maximum absolute atomic E-state index is 9.63. The van der Waals surface area contributed by atoms with Crippen LogP contribution in [0.2, 0.25) is 0 Å². The molecule has 0 amide bonds. The molecule has 1 aliphatic heterocycles. The average Bonchev–Trinajstić information content (AvgIpc) is 3.10. The topological polar surface area (TPSA) is 72.7 Å². The molecule has 0 unspecified atom stereocenters. The highest BCUT2D eigenvalue weighted by atomic mass is 16.3. The maximum atomic E-state index is 9.63. The minimum atomic E-state index is -0.751. The summed E-state index contributed by atoms with van der Waals surface area (Å²) in [7, 11) is 1.88. The number of likely N-dealkylation sites (N-methyl/N-ethyl adjacent to an activating group) is 1. The number of hydrogen-bond donors (Lipinski definition) is 2. The molecule has 6 nitrogen and oxygen atoms in total. The molecule has 1 aromatic heterocycles. The summed E-state index contributed by atoms with van der Waals surface area (Å²) in [5.74, 6) is 5.10. The number of anilines is 2. The molecule has 0 aromatic carbocycles. The molecule has 2 heterocycles. The van der Waals surface area contributed by atoms with Gasteiger partial charge in [0.1, 0.15) is 5.82 Å². The Morgan fingerprint density at radius 2 is 1.83 bits per heavy atom. The number of aromatic nitrogens is 2. The fourth-order valence-corrected chi connectivity index (χ4v) is 5.19. The normalized spacial score (nSPS) is 32.7. The third-order valence-electron chi connectivity index (χ3n) is 6.44. The van der Waals surface area contributed by atoms with Gasteiger partial charge in [0.25, 0.3) is 0 Å². The lowest BCUT2D eigenvalue weighted by Gasteiger charge is -2.44. The molecule has 3 atom stereocenters. The minimum Gasteiger partial charge on any atom is -0.394 e. The Hall–Kier alpha value is -1.40. The van der Waals surface area contributed by atoms with Crippen LogP contribution in [0.3, 0.4) is 0 Å². The van der Waals surface area contributed by atoms with Crippen LogP contribution >= 0.6 is 0 Å². The Kier molecular flexibility index (Phi) is 4.35. The van der Waals surface area contributed by atoms with Crippen molar-refractivity contribution in [2.24, 2.45) is 23.7 Å². The molecule has 2 N–H and O–H groups in total. The molecule has 3 saturated carbocycles. The highest BCUT2D eigenvalue weighted by molar-refractivity contribution is 5.44. The molecule has 1 aromatic rings. The van der Waals surface area contributed by atoms with E-state index in [1.165, 1.54) is 25.7 Å². The van der Waals surface area contributed by atoms with E-state index in [2.05, 4.69) is 9.88 Å². The van der Waals surface area contributed by atoms with Gasteiger partial charge in [-0.2, -0.15) is 4.98 Å². The second-order valence-corrected chi connectivity index (χ2v) is 7.84. The van der Waals surface area contributed by atoms with Gasteiger partial charge < -0.3 is 20.0 Å². The van der Waals surface area contributed by atoms with Gasteiger partial charge in [0.15, 0.2) is 0 Å². The molecular formula is C18H28N4O2. The van der Waals surface area contributed by atoms with Crippen molar-refractivity contribution >= 4 is 11.8 Å². The lowest BCUT2D eigenvalue weighted by molar-refractivity contribution is 0.0577. The zero-order valence-corrected chi connectivity index (χ0v) is 14.4. The molecule has 132 valence electrons. The van der Waals surface area contributed by atoms with E-state index in [9.17, 15) is 5.11 Å². The lowest BCUT2D eigenvalue weighted by atomic mass is 9.60. The summed E-state index contributed by atoms with van der Waals surface area (Å²) in [6.45, 7) is 2.32. The van der Waals surface area contributed by atoms with Gasteiger partial charge >= 0.3 is 0 Å². The smallest absolute Gasteiger partial charge is 0.227 e. The van der Waals surface area contributed by atoms with Crippen LogP contribution in [0.25, 0.3) is 0 Å². The van der Waals surface area contributed by atoms with Crippen molar-refractivity contribution in [2.75, 3.05) is 43.1 Å². The quantitative estimate of drug-likeness (QED) is 0.842. The molecule has 24 heavy (non-hydrogen) atoms. The molecule has 1 saturated heterocycles. The van der Waals surface area contributed by atoms with Crippen LogP contribution in [-0.4, -0.2) is 59.6 Å². The van der Waals surface area contributed by atoms with Crippen molar-refractivity contribution < 1.29 is 10.2 Å². The van der Waals surface area contributed by atoms with E-state index in [0.29, 0.717) is 6.54 Å². The monoisotopic (exact) mass is 332 g/mol. The molecule has 4 fully saturated rings. The molecule has 0 radical (unpaired) electrons. The SMILES string of the molecule is CN(C[C@H](O)CO)c1ccnc(N2C[C@@H]3C4CCC(CC4)[C@@H]3C2)n1. The Labute approximate surface area is 143 Å². The van der Waals surface area contributed by atoms with E-state index in [0.717, 1.165) is 48.5 Å². The van der Waals surface area contributed by atoms with Gasteiger partial charge in [0, 0.05) is 32.9 Å². The summed E-state index contributed by atoms with van der Waals surface area (Å²) >= 11 is 0. The van der Waals surface area contributed by atoms with E-state index in [-0.39, 0.29) is 6.61 Å². The van der Waals surface area contributed by atoms with Crippen molar-refractivity contribution in [3.05, 3.63) is 12.3 Å². The minimum absolute atomic E-state index is 0.236. The molecule has 4 aliphatic rings. The zero-order chi connectivity index (χ0) is 16.7. The standard InChI is InChI=1S/C18H28N4O2/c1-21(8-14(24)11-23)17-6-7-19-18(20-17)22-9-15-12-2-3-13(5-4-12)16(15)10-22/h6-7,12-16,23-24H,2-5,8-11H2,1H3/t12?,13?,14-,15-,16+/m0/s1. The second kappa shape index (κ2) is 6.48. The number of nitrogens with zero attached hydrogens (tertiary/aromatic N) is 4. The van der Waals surface area contributed by atoms with Gasteiger partial charge in [-0.15, -0.1) is 0 Å². The van der Waals surface area contributed by atoms with E-state index in [4.69, 9.17) is 10.1 Å². The fraction of sp³-hybridized carbons (Fsp3) is 0.778. The summed E-state index contributed by atoms with van der Waals surface area (Å²) in [4.78, 5) is 13.5. The van der Waals surface area contributed by atoms with Crippen LogP contribution < -0.4 is 9.80 Å². The third-order valence-corrected chi connectivity index (χ3v) is 6.44. The Bertz CT molecular complexity index is 556. The number of hydrogen-bond acceptors (Lipinski definition) is 6. The van der Waals surface area contributed by atoms with Crippen molar-refractivity contribution in [2.45, 2.75) is 31.8 Å². The number of aliphatic hydroxyl groups excluding tert-OH is 2. The molecule has 2 bridgehead atoms. The number of rotatable bonds is 5. The zero-order valence-electron chi connectivity index (χ0n) is 14.4. The largest absolute Gasteiger partial charge is 0.394 e. The number of aliphatic hydroxyl groups is 2. The Morgan fingerprint density at radius 1 is 1.21 bits per heavy atom. The van der Waals surface area contributed by atoms with E-state index >= 15 is 0 Å². The predicted molar refractivity (Wildman–Crippen MR) is 93.0 cm³/mol. The van der Waals surface area contributed by atoms with Crippen LogP contribution in [0.4, 0.5) is 11.8 Å². The first-order chi connectivity index (χ1) is 11.7. The number of fused-ring (bicyclic) bond motifs is 2. The summed E-state index contributed by atoms with van der Waals surface area (Å²) < 4.78 is 0. The van der Waals surface area contributed by atoms with Crippen LogP contribution in [0.1, 0.15) is 25.7 Å². The van der Waals surface area contributed by atoms with Crippen molar-refractivity contribution in [3.63, 3.8) is 0 Å². The molecule has 0 spiro atoms. The van der Waals surface area contributed by atoms with Crippen LogP contribution in [0, 0.1) is 23.7 Å². The van der Waals surface area contributed by atoms with Crippen molar-refractivity contribution in [3.8, 4) is 0 Å². The van der Waals surface area contributed by atoms with Gasteiger partial charge in [0.2, 0.25) is 5.95 Å². The maximum Gasteiger partial charge on any atom is 0.227 e. The first kappa shape index (κ1) is 16.1. The van der Waals surface area contributed by atoms with Gasteiger partial charge in [0.05, 0.1) is 12.7 Å². The van der Waals surface area contributed by atoms with Gasteiger partial charge in [-0.25, -0.2) is 4.98 Å². The molecule has 6 heteroatoms. The summed E-state index contributed by atoms with van der Waals surface area (Å²) in [6, 6.07) is 1.86. The van der Waals surface area contributed by atoms with E-state index < -0.39 is 6.10 Å². The predicted octanol–water partition coefficient (Wildman–Crippen LogP) is 1.14. The summed E-state index contributed by atoms with van der Waals surface area (Å²) in [6.07, 6.45) is 6.73. The second-order valence-electron chi connectivity index (χ2n) is 7.84. The Morgan fingerprint density at radius 3 is 2.42 bits per heavy atom. The van der Waals surface area contributed by atoms with Gasteiger partial charge in [-0.3, -0.25) is 0 Å². The fourth-order valence-electron chi connectivity index (χ4n) is 5.19. The highest BCUT2D eigenvalue weighted by Gasteiger charge is 2.48. The molecule has 3 aliphatic carbocycles. The van der Waals surface area contributed by atoms with E-state index in [1.54, 1.807) is 6.20 Å². The van der Waals surface area contributed by atoms with Crippen LogP contribution in [0.5, 0.6) is 0 Å². The first-order valence-corrected chi connectivity index (χ1v) is 9.23. The first-order valence-electron chi connectivity index (χ1n) is 9.23. The highest BCUT2D eigenvalue weighted by Crippen LogP contribution is 2.52. The van der Waals surface area contributed by atoms with E-state index in [1.807, 2.05) is 18.0 Å². The van der Waals surface area contributed by atoms with Crippen molar-refractivity contribution in [1.82, 2.24) is 9.97 Å².